The van der Waals surface area contributed by atoms with Crippen LogP contribution >= 0.6 is 0 Å². The Hall–Kier alpha value is -3.69. The van der Waals surface area contributed by atoms with E-state index in [9.17, 15) is 22.8 Å². The van der Waals surface area contributed by atoms with E-state index in [1.807, 2.05) is 4.57 Å². The van der Waals surface area contributed by atoms with Gasteiger partial charge in [0.2, 0.25) is 5.91 Å². The van der Waals surface area contributed by atoms with Crippen molar-refractivity contribution >= 4 is 17.5 Å². The van der Waals surface area contributed by atoms with Crippen LogP contribution in [0, 0.1) is 23.4 Å². The smallest absolute Gasteiger partial charge is 0.256 e. The quantitative estimate of drug-likeness (QED) is 0.572. The monoisotopic (exact) mass is 497 g/mol. The number of rotatable bonds is 4. The topological polar surface area (TPSA) is 80.1 Å². The molecule has 7 nitrogen and oxygen atoms in total. The average molecular weight is 498 g/mol. The van der Waals surface area contributed by atoms with E-state index < -0.39 is 23.4 Å². The van der Waals surface area contributed by atoms with Gasteiger partial charge in [-0.15, -0.1) is 10.2 Å². The molecule has 2 aliphatic heterocycles. The van der Waals surface area contributed by atoms with Crippen molar-refractivity contribution in [2.24, 2.45) is 5.92 Å². The maximum absolute atomic E-state index is 14.7. The van der Waals surface area contributed by atoms with Crippen LogP contribution in [0.5, 0.6) is 0 Å². The van der Waals surface area contributed by atoms with Crippen LogP contribution < -0.4 is 5.32 Å². The molecule has 5 rings (SSSR count). The number of fused-ring (bicyclic) bond motifs is 1. The van der Waals surface area contributed by atoms with Gasteiger partial charge in [-0.1, -0.05) is 6.42 Å². The Morgan fingerprint density at radius 2 is 1.69 bits per heavy atom. The lowest BCUT2D eigenvalue weighted by atomic mass is 9.95. The van der Waals surface area contributed by atoms with Crippen LogP contribution in [0.2, 0.25) is 0 Å². The van der Waals surface area contributed by atoms with Gasteiger partial charge in [-0.05, 0) is 56.0 Å². The number of nitrogens with zero attached hydrogens (tertiary/aromatic N) is 4. The zero-order valence-corrected chi connectivity index (χ0v) is 19.6. The lowest BCUT2D eigenvalue weighted by Gasteiger charge is -2.31. The van der Waals surface area contributed by atoms with E-state index in [4.69, 9.17) is 0 Å². The van der Waals surface area contributed by atoms with Gasteiger partial charge in [-0.25, -0.2) is 13.2 Å². The first-order chi connectivity index (χ1) is 17.4. The van der Waals surface area contributed by atoms with Crippen LogP contribution in [-0.2, 0) is 17.8 Å². The average Bonchev–Trinajstić information content (AvgIpc) is 3.12. The number of hydrogen-bond acceptors (Lipinski definition) is 4. The molecule has 1 aromatic heterocycles. The van der Waals surface area contributed by atoms with Crippen molar-refractivity contribution in [2.75, 3.05) is 18.4 Å². The maximum Gasteiger partial charge on any atom is 0.256 e. The number of carbonyl (C=O) groups excluding carboxylic acids is 2. The van der Waals surface area contributed by atoms with Crippen molar-refractivity contribution in [3.63, 3.8) is 0 Å². The summed E-state index contributed by atoms with van der Waals surface area (Å²) in [4.78, 5) is 27.0. The van der Waals surface area contributed by atoms with Gasteiger partial charge >= 0.3 is 0 Å². The van der Waals surface area contributed by atoms with Gasteiger partial charge in [0.15, 0.2) is 5.82 Å². The number of piperidine rings is 1. The molecule has 0 unspecified atom stereocenters. The highest BCUT2D eigenvalue weighted by Crippen LogP contribution is 2.28. The van der Waals surface area contributed by atoms with Crippen LogP contribution in [0.3, 0.4) is 0 Å². The second-order valence-corrected chi connectivity index (χ2v) is 9.28. The Bertz CT molecular complexity index is 1300. The highest BCUT2D eigenvalue weighted by Gasteiger charge is 2.29. The van der Waals surface area contributed by atoms with Gasteiger partial charge in [0.25, 0.3) is 5.91 Å². The normalized spacial score (nSPS) is 16.4. The van der Waals surface area contributed by atoms with Crippen molar-refractivity contribution in [3.8, 4) is 11.4 Å². The van der Waals surface area contributed by atoms with Crippen molar-refractivity contribution in [1.29, 1.82) is 0 Å². The molecule has 1 saturated heterocycles. The molecule has 10 heteroatoms. The second-order valence-electron chi connectivity index (χ2n) is 9.28. The second kappa shape index (κ2) is 10.1. The summed E-state index contributed by atoms with van der Waals surface area (Å²) in [5, 5.41) is 11.3. The predicted molar refractivity (Wildman–Crippen MR) is 127 cm³/mol. The summed E-state index contributed by atoms with van der Waals surface area (Å²) < 4.78 is 43.8. The molecule has 2 amide bonds. The summed E-state index contributed by atoms with van der Waals surface area (Å²) in [6.07, 6.45) is 4.69. The first-order valence-corrected chi connectivity index (χ1v) is 12.2. The number of aryl methyl sites for hydroxylation is 1. The molecule has 0 saturated carbocycles. The maximum atomic E-state index is 14.7. The Balaban J connectivity index is 1.24. The Morgan fingerprint density at radius 3 is 2.47 bits per heavy atom. The van der Waals surface area contributed by atoms with E-state index in [2.05, 4.69) is 15.5 Å². The molecule has 1 fully saturated rings. The van der Waals surface area contributed by atoms with E-state index in [0.717, 1.165) is 50.2 Å². The van der Waals surface area contributed by atoms with Gasteiger partial charge in [-0.3, -0.25) is 9.59 Å². The van der Waals surface area contributed by atoms with Crippen molar-refractivity contribution in [2.45, 2.75) is 45.1 Å². The van der Waals surface area contributed by atoms with E-state index in [1.165, 1.54) is 17.0 Å². The molecule has 0 spiro atoms. The third kappa shape index (κ3) is 4.84. The summed E-state index contributed by atoms with van der Waals surface area (Å²) in [6.45, 7) is 1.27. The van der Waals surface area contributed by atoms with Gasteiger partial charge in [-0.2, -0.15) is 0 Å². The molecule has 2 aromatic carbocycles. The number of amides is 2. The first kappa shape index (κ1) is 24.0. The third-order valence-electron chi connectivity index (χ3n) is 6.90. The number of carbonyl (C=O) groups is 2. The molecule has 3 heterocycles. The fourth-order valence-corrected chi connectivity index (χ4v) is 4.88. The summed E-state index contributed by atoms with van der Waals surface area (Å²) in [7, 11) is 0. The Labute approximate surface area is 206 Å². The zero-order valence-electron chi connectivity index (χ0n) is 19.6. The van der Waals surface area contributed by atoms with E-state index in [0.29, 0.717) is 30.4 Å². The Kier molecular flexibility index (Phi) is 6.75. The van der Waals surface area contributed by atoms with Gasteiger partial charge in [0.05, 0.1) is 11.1 Å². The lowest BCUT2D eigenvalue weighted by molar-refractivity contribution is -0.121. The fourth-order valence-electron chi connectivity index (χ4n) is 4.88. The van der Waals surface area contributed by atoms with Crippen LogP contribution in [0.25, 0.3) is 11.4 Å². The number of likely N-dealkylation sites (tertiary alicyclic amines) is 1. The summed E-state index contributed by atoms with van der Waals surface area (Å²) in [6, 6.07) is 7.25. The zero-order chi connectivity index (χ0) is 25.2. The number of halogens is 3. The molecule has 188 valence electrons. The Morgan fingerprint density at radius 1 is 0.889 bits per heavy atom. The standard InChI is InChI=1S/C26H26F3N5O2/c27-17-5-7-19(22(29)14-17)26(36)33-12-9-16(10-13-33)25(35)30-18-6-8-21(28)20(15-18)24-32-31-23-4-2-1-3-11-34(23)24/h5-8,14-16H,1-4,9-13H2,(H,30,35). The minimum Gasteiger partial charge on any atom is -0.339 e. The summed E-state index contributed by atoms with van der Waals surface area (Å²) >= 11 is 0. The third-order valence-corrected chi connectivity index (χ3v) is 6.90. The molecule has 0 aliphatic carbocycles. The fraction of sp³-hybridized carbons (Fsp3) is 0.385. The molecule has 1 N–H and O–H groups in total. The minimum atomic E-state index is -0.906. The number of benzene rings is 2. The minimum absolute atomic E-state index is 0.190. The van der Waals surface area contributed by atoms with Crippen LogP contribution in [0.15, 0.2) is 36.4 Å². The molecule has 0 atom stereocenters. The van der Waals surface area contributed by atoms with Gasteiger partial charge < -0.3 is 14.8 Å². The van der Waals surface area contributed by atoms with Gasteiger partial charge in [0.1, 0.15) is 23.3 Å². The molecular weight excluding hydrogens is 471 g/mol. The lowest BCUT2D eigenvalue weighted by Crippen LogP contribution is -2.41. The number of anilines is 1. The molecule has 3 aromatic rings. The molecular formula is C26H26F3N5O2. The number of aromatic nitrogens is 3. The number of nitrogens with one attached hydrogen (secondary N) is 1. The summed E-state index contributed by atoms with van der Waals surface area (Å²) in [5.41, 5.74) is 0.550. The predicted octanol–water partition coefficient (Wildman–Crippen LogP) is 4.58. The highest BCUT2D eigenvalue weighted by atomic mass is 19.1. The molecule has 2 aliphatic rings. The largest absolute Gasteiger partial charge is 0.339 e. The van der Waals surface area contributed by atoms with Crippen LogP contribution in [0.4, 0.5) is 18.9 Å². The summed E-state index contributed by atoms with van der Waals surface area (Å²) in [5.74, 6) is -1.90. The van der Waals surface area contributed by atoms with E-state index >= 15 is 0 Å². The first-order valence-electron chi connectivity index (χ1n) is 12.2. The molecule has 0 bridgehead atoms. The van der Waals surface area contributed by atoms with Crippen molar-refractivity contribution in [1.82, 2.24) is 19.7 Å². The molecule has 36 heavy (non-hydrogen) atoms. The highest BCUT2D eigenvalue weighted by molar-refractivity contribution is 5.95. The van der Waals surface area contributed by atoms with Crippen molar-refractivity contribution < 1.29 is 22.8 Å². The van der Waals surface area contributed by atoms with Crippen LogP contribution in [-0.4, -0.2) is 44.6 Å². The molecule has 0 radical (unpaired) electrons. The van der Waals surface area contributed by atoms with E-state index in [-0.39, 0.29) is 36.0 Å². The van der Waals surface area contributed by atoms with Crippen LogP contribution in [0.1, 0.15) is 48.3 Å². The van der Waals surface area contributed by atoms with Crippen molar-refractivity contribution in [3.05, 3.63) is 65.2 Å². The van der Waals surface area contributed by atoms with E-state index in [1.54, 1.807) is 6.07 Å². The van der Waals surface area contributed by atoms with Gasteiger partial charge in [0, 0.05) is 43.7 Å². The SMILES string of the molecule is O=C(Nc1ccc(F)c(-c2nnc3n2CCCCC3)c1)C1CCN(C(=O)c2ccc(F)cc2F)CC1. The number of hydrogen-bond donors (Lipinski definition) is 1.